The Balaban J connectivity index is 2.10. The fraction of sp³-hybridized carbons (Fsp3) is 0.533. The molecule has 4 heteroatoms. The third-order valence-electron chi connectivity index (χ3n) is 3.60. The second-order valence-electron chi connectivity index (χ2n) is 5.19. The van der Waals surface area contributed by atoms with Gasteiger partial charge in [0.2, 0.25) is 0 Å². The lowest BCUT2D eigenvalue weighted by Crippen LogP contribution is -2.21. The summed E-state index contributed by atoms with van der Waals surface area (Å²) in [5, 5.41) is 9.28. The van der Waals surface area contributed by atoms with Gasteiger partial charge in [0, 0.05) is 19.0 Å². The van der Waals surface area contributed by atoms with E-state index in [0.717, 1.165) is 24.3 Å². The Morgan fingerprint density at radius 1 is 1.37 bits per heavy atom. The summed E-state index contributed by atoms with van der Waals surface area (Å²) < 4.78 is 5.54. The molecule has 0 saturated carbocycles. The topological polar surface area (TPSA) is 49.8 Å². The van der Waals surface area contributed by atoms with Crippen molar-refractivity contribution in [1.29, 1.82) is 0 Å². The van der Waals surface area contributed by atoms with Crippen LogP contribution in [0, 0.1) is 5.92 Å². The van der Waals surface area contributed by atoms with E-state index in [1.165, 1.54) is 0 Å². The van der Waals surface area contributed by atoms with Crippen LogP contribution in [0.4, 0.5) is 0 Å². The molecule has 0 aliphatic carbocycles. The van der Waals surface area contributed by atoms with Crippen LogP contribution < -0.4 is 4.74 Å². The van der Waals surface area contributed by atoms with Crippen LogP contribution in [0.15, 0.2) is 24.3 Å². The predicted octanol–water partition coefficient (Wildman–Crippen LogP) is 2.21. The van der Waals surface area contributed by atoms with Crippen molar-refractivity contribution >= 4 is 5.97 Å². The average Bonchev–Trinajstić information content (AvgIpc) is 2.79. The molecule has 1 fully saturated rings. The number of rotatable bonds is 5. The molecule has 104 valence electrons. The van der Waals surface area contributed by atoms with Gasteiger partial charge in [-0.1, -0.05) is 19.1 Å². The first kappa shape index (κ1) is 13.9. The lowest BCUT2D eigenvalue weighted by Gasteiger charge is -2.15. The Hall–Kier alpha value is -1.55. The van der Waals surface area contributed by atoms with Crippen molar-refractivity contribution in [3.8, 4) is 5.75 Å². The summed E-state index contributed by atoms with van der Waals surface area (Å²) in [7, 11) is 1.97. The summed E-state index contributed by atoms with van der Waals surface area (Å²) in [4.78, 5) is 13.4. The normalized spacial score (nSPS) is 23.5. The highest BCUT2D eigenvalue weighted by Crippen LogP contribution is 2.32. The summed E-state index contributed by atoms with van der Waals surface area (Å²) in [5.41, 5.74) is 1.08. The van der Waals surface area contributed by atoms with Crippen LogP contribution in [0.1, 0.15) is 24.8 Å². The van der Waals surface area contributed by atoms with Crippen molar-refractivity contribution in [2.75, 3.05) is 26.7 Å². The molecule has 1 saturated heterocycles. The lowest BCUT2D eigenvalue weighted by molar-refractivity contribution is -0.141. The van der Waals surface area contributed by atoms with Crippen LogP contribution in [-0.2, 0) is 4.79 Å². The van der Waals surface area contributed by atoms with Gasteiger partial charge in [-0.25, -0.2) is 0 Å². The van der Waals surface area contributed by atoms with E-state index in [4.69, 9.17) is 4.74 Å². The fourth-order valence-corrected chi connectivity index (χ4v) is 2.62. The molecular weight excluding hydrogens is 242 g/mol. The van der Waals surface area contributed by atoms with Crippen molar-refractivity contribution in [2.45, 2.75) is 19.3 Å². The lowest BCUT2D eigenvalue weighted by atomic mass is 9.89. The molecule has 1 aromatic rings. The maximum Gasteiger partial charge on any atom is 0.308 e. The molecule has 0 aromatic heterocycles. The van der Waals surface area contributed by atoms with Gasteiger partial charge in [0.05, 0.1) is 12.5 Å². The van der Waals surface area contributed by atoms with Gasteiger partial charge in [-0.05, 0) is 31.2 Å². The second kappa shape index (κ2) is 6.06. The highest BCUT2D eigenvalue weighted by atomic mass is 16.5. The van der Waals surface area contributed by atoms with Gasteiger partial charge >= 0.3 is 5.97 Å². The van der Waals surface area contributed by atoms with E-state index in [1.807, 2.05) is 31.3 Å². The number of likely N-dealkylation sites (N-methyl/N-ethyl adjacent to an activating group) is 1. The van der Waals surface area contributed by atoms with Gasteiger partial charge in [-0.15, -0.1) is 0 Å². The van der Waals surface area contributed by atoms with Crippen LogP contribution in [0.5, 0.6) is 5.75 Å². The first-order valence-corrected chi connectivity index (χ1v) is 6.76. The minimum atomic E-state index is -0.708. The van der Waals surface area contributed by atoms with E-state index in [2.05, 4.69) is 11.8 Å². The van der Waals surface area contributed by atoms with Crippen molar-refractivity contribution in [2.24, 2.45) is 5.92 Å². The summed E-state index contributed by atoms with van der Waals surface area (Å²) in [6.07, 6.45) is 0.982. The molecule has 0 amide bonds. The van der Waals surface area contributed by atoms with Crippen LogP contribution in [-0.4, -0.2) is 42.7 Å². The molecule has 0 spiro atoms. The first-order valence-electron chi connectivity index (χ1n) is 6.76. The van der Waals surface area contributed by atoms with E-state index in [0.29, 0.717) is 13.2 Å². The maximum absolute atomic E-state index is 11.3. The van der Waals surface area contributed by atoms with Gasteiger partial charge in [-0.2, -0.15) is 0 Å². The van der Waals surface area contributed by atoms with Crippen molar-refractivity contribution in [1.82, 2.24) is 4.90 Å². The first-order chi connectivity index (χ1) is 9.11. The Morgan fingerprint density at radius 3 is 2.63 bits per heavy atom. The molecule has 0 unspecified atom stereocenters. The number of likely N-dealkylation sites (tertiary alicyclic amines) is 1. The van der Waals surface area contributed by atoms with Gasteiger partial charge < -0.3 is 14.7 Å². The third-order valence-corrected chi connectivity index (χ3v) is 3.60. The summed E-state index contributed by atoms with van der Waals surface area (Å²) in [6.45, 7) is 4.20. The molecule has 19 heavy (non-hydrogen) atoms. The van der Waals surface area contributed by atoms with E-state index < -0.39 is 5.97 Å². The Kier molecular flexibility index (Phi) is 4.43. The van der Waals surface area contributed by atoms with E-state index in [1.54, 1.807) is 0 Å². The molecule has 1 aromatic carbocycles. The van der Waals surface area contributed by atoms with E-state index in [9.17, 15) is 9.90 Å². The van der Waals surface area contributed by atoms with Gasteiger partial charge in [0.25, 0.3) is 0 Å². The highest BCUT2D eigenvalue weighted by Gasteiger charge is 2.36. The molecule has 0 bridgehead atoms. The van der Waals surface area contributed by atoms with Crippen LogP contribution in [0.2, 0.25) is 0 Å². The Morgan fingerprint density at radius 2 is 2.05 bits per heavy atom. The number of nitrogens with zero attached hydrogens (tertiary/aromatic N) is 1. The smallest absolute Gasteiger partial charge is 0.308 e. The minimum absolute atomic E-state index is 0.0720. The standard InChI is InChI=1S/C15H21NO3/c1-3-8-19-12-6-4-11(5-7-12)13-9-16(2)10-14(13)15(17)18/h4-7,13-14H,3,8-10H2,1-2H3,(H,17,18)/t13-,14-/m1/s1. The van der Waals surface area contributed by atoms with Crippen LogP contribution in [0.3, 0.4) is 0 Å². The zero-order valence-electron chi connectivity index (χ0n) is 11.5. The van der Waals surface area contributed by atoms with Gasteiger partial charge in [0.1, 0.15) is 5.75 Å². The number of ether oxygens (including phenoxy) is 1. The highest BCUT2D eigenvalue weighted by molar-refractivity contribution is 5.72. The predicted molar refractivity (Wildman–Crippen MR) is 73.6 cm³/mol. The number of carboxylic acids is 1. The average molecular weight is 263 g/mol. The SMILES string of the molecule is CCCOc1ccc([C@H]2CN(C)C[C@H]2C(=O)O)cc1. The van der Waals surface area contributed by atoms with E-state index >= 15 is 0 Å². The largest absolute Gasteiger partial charge is 0.494 e. The molecule has 1 aliphatic heterocycles. The van der Waals surface area contributed by atoms with Crippen molar-refractivity contribution in [3.63, 3.8) is 0 Å². The molecule has 1 heterocycles. The Bertz CT molecular complexity index is 430. The number of carbonyl (C=O) groups is 1. The second-order valence-corrected chi connectivity index (χ2v) is 5.19. The number of benzene rings is 1. The fourth-order valence-electron chi connectivity index (χ4n) is 2.62. The zero-order chi connectivity index (χ0) is 13.8. The molecule has 4 nitrogen and oxygen atoms in total. The quantitative estimate of drug-likeness (QED) is 0.885. The van der Waals surface area contributed by atoms with Crippen LogP contribution in [0.25, 0.3) is 0 Å². The Labute approximate surface area is 114 Å². The molecular formula is C15H21NO3. The zero-order valence-corrected chi connectivity index (χ0v) is 11.5. The molecule has 1 N–H and O–H groups in total. The molecule has 1 aliphatic rings. The summed E-state index contributed by atoms with van der Waals surface area (Å²) in [5.74, 6) is -0.0976. The monoisotopic (exact) mass is 263 g/mol. The van der Waals surface area contributed by atoms with Crippen molar-refractivity contribution < 1.29 is 14.6 Å². The number of hydrogen-bond donors (Lipinski definition) is 1. The third kappa shape index (κ3) is 3.26. The van der Waals surface area contributed by atoms with Crippen LogP contribution >= 0.6 is 0 Å². The molecule has 2 atom stereocenters. The summed E-state index contributed by atoms with van der Waals surface area (Å²) in [6, 6.07) is 7.85. The van der Waals surface area contributed by atoms with E-state index in [-0.39, 0.29) is 11.8 Å². The van der Waals surface area contributed by atoms with Gasteiger partial charge in [0.15, 0.2) is 0 Å². The molecule has 2 rings (SSSR count). The number of hydrogen-bond acceptors (Lipinski definition) is 3. The number of carboxylic acid groups (broad SMARTS) is 1. The summed E-state index contributed by atoms with van der Waals surface area (Å²) >= 11 is 0. The molecule has 0 radical (unpaired) electrons. The maximum atomic E-state index is 11.3. The van der Waals surface area contributed by atoms with Crippen molar-refractivity contribution in [3.05, 3.63) is 29.8 Å². The minimum Gasteiger partial charge on any atom is -0.494 e. The number of aliphatic carboxylic acids is 1. The van der Waals surface area contributed by atoms with Gasteiger partial charge in [-0.3, -0.25) is 4.79 Å².